The van der Waals surface area contributed by atoms with Gasteiger partial charge >= 0.3 is 0 Å². The molecule has 20 heavy (non-hydrogen) atoms. The fourth-order valence-electron chi connectivity index (χ4n) is 1.97. The maximum absolute atomic E-state index is 12.1. The minimum atomic E-state index is -0.246. The number of rotatable bonds is 3. The van der Waals surface area contributed by atoms with Gasteiger partial charge in [-0.1, -0.05) is 6.07 Å². The molecule has 1 aromatic heterocycles. The van der Waals surface area contributed by atoms with Crippen molar-refractivity contribution in [1.82, 2.24) is 10.2 Å². The van der Waals surface area contributed by atoms with Gasteiger partial charge in [0.25, 0.3) is 5.91 Å². The number of anilines is 1. The lowest BCUT2D eigenvalue weighted by Crippen LogP contribution is -2.15. The summed E-state index contributed by atoms with van der Waals surface area (Å²) in [6.45, 7) is 2.00. The number of hydrogen-bond acceptors (Lipinski definition) is 3. The molecule has 0 atom stereocenters. The van der Waals surface area contributed by atoms with Crippen LogP contribution in [0.5, 0.6) is 0 Å². The first-order valence-electron chi connectivity index (χ1n) is 6.54. The molecule has 3 rings (SSSR count). The third-order valence-corrected chi connectivity index (χ3v) is 3.94. The van der Waals surface area contributed by atoms with Gasteiger partial charge in [-0.3, -0.25) is 4.79 Å². The highest BCUT2D eigenvalue weighted by atomic mass is 79.9. The Hall–Kier alpha value is -1.75. The predicted octanol–water partition coefficient (Wildman–Crippen LogP) is 3.68. The molecule has 0 bridgehead atoms. The molecule has 0 radical (unpaired) electrons. The van der Waals surface area contributed by atoms with Crippen molar-refractivity contribution in [3.8, 4) is 0 Å². The van der Waals surface area contributed by atoms with Crippen LogP contribution >= 0.6 is 15.9 Å². The minimum absolute atomic E-state index is 0.246. The number of halogens is 1. The number of amides is 1. The SMILES string of the molecule is Cc1ccc(NC(=O)c2ccc(C3CC3)nn2)c(Br)c1. The van der Waals surface area contributed by atoms with Crippen LogP contribution in [-0.2, 0) is 0 Å². The molecular weight excluding hydrogens is 318 g/mol. The molecule has 1 aliphatic rings. The molecule has 1 aromatic carbocycles. The van der Waals surface area contributed by atoms with Crippen molar-refractivity contribution in [3.05, 3.63) is 51.8 Å². The number of carbonyl (C=O) groups is 1. The lowest BCUT2D eigenvalue weighted by Gasteiger charge is -2.07. The molecule has 2 aromatic rings. The summed E-state index contributed by atoms with van der Waals surface area (Å²) in [7, 11) is 0. The number of aryl methyl sites for hydroxylation is 1. The third kappa shape index (κ3) is 2.88. The topological polar surface area (TPSA) is 54.9 Å². The zero-order chi connectivity index (χ0) is 14.1. The lowest BCUT2D eigenvalue weighted by atomic mass is 10.2. The van der Waals surface area contributed by atoms with Gasteiger partial charge < -0.3 is 5.32 Å². The summed E-state index contributed by atoms with van der Waals surface area (Å²) >= 11 is 3.44. The average molecular weight is 332 g/mol. The van der Waals surface area contributed by atoms with E-state index in [9.17, 15) is 4.79 Å². The van der Waals surface area contributed by atoms with Crippen molar-refractivity contribution >= 4 is 27.5 Å². The molecule has 1 fully saturated rings. The molecule has 1 amide bonds. The molecule has 1 aliphatic carbocycles. The van der Waals surface area contributed by atoms with E-state index in [1.54, 1.807) is 6.07 Å². The molecule has 0 aliphatic heterocycles. The largest absolute Gasteiger partial charge is 0.320 e. The quantitative estimate of drug-likeness (QED) is 0.933. The first-order valence-corrected chi connectivity index (χ1v) is 7.34. The van der Waals surface area contributed by atoms with E-state index in [0.717, 1.165) is 21.4 Å². The molecule has 102 valence electrons. The summed E-state index contributed by atoms with van der Waals surface area (Å²) in [6.07, 6.45) is 2.35. The number of nitrogens with zero attached hydrogens (tertiary/aromatic N) is 2. The van der Waals surface area contributed by atoms with Crippen LogP contribution in [0.1, 0.15) is 40.5 Å². The number of nitrogens with one attached hydrogen (secondary N) is 1. The van der Waals surface area contributed by atoms with Gasteiger partial charge in [0, 0.05) is 10.4 Å². The van der Waals surface area contributed by atoms with Crippen LogP contribution in [0.25, 0.3) is 0 Å². The molecule has 1 N–H and O–H groups in total. The Bertz CT molecular complexity index is 651. The van der Waals surface area contributed by atoms with E-state index in [2.05, 4.69) is 31.4 Å². The Morgan fingerprint density at radius 1 is 1.25 bits per heavy atom. The molecule has 0 saturated heterocycles. The fraction of sp³-hybridized carbons (Fsp3) is 0.267. The Morgan fingerprint density at radius 2 is 2.05 bits per heavy atom. The van der Waals surface area contributed by atoms with Gasteiger partial charge in [0.05, 0.1) is 11.4 Å². The van der Waals surface area contributed by atoms with Crippen LogP contribution < -0.4 is 5.32 Å². The van der Waals surface area contributed by atoms with Gasteiger partial charge in [0.15, 0.2) is 5.69 Å². The van der Waals surface area contributed by atoms with Gasteiger partial charge in [-0.25, -0.2) is 0 Å². The van der Waals surface area contributed by atoms with Crippen molar-refractivity contribution in [1.29, 1.82) is 0 Å². The van der Waals surface area contributed by atoms with Gasteiger partial charge in [-0.05, 0) is 65.5 Å². The van der Waals surface area contributed by atoms with Crippen molar-refractivity contribution < 1.29 is 4.79 Å². The summed E-state index contributed by atoms with van der Waals surface area (Å²) in [4.78, 5) is 12.1. The number of aromatic nitrogens is 2. The Kier molecular flexibility index (Phi) is 3.53. The normalized spacial score (nSPS) is 14.1. The second-order valence-corrected chi connectivity index (χ2v) is 5.91. The van der Waals surface area contributed by atoms with Crippen LogP contribution in [-0.4, -0.2) is 16.1 Å². The highest BCUT2D eigenvalue weighted by Crippen LogP contribution is 2.38. The highest BCUT2D eigenvalue weighted by molar-refractivity contribution is 9.10. The summed E-state index contributed by atoms with van der Waals surface area (Å²) < 4.78 is 0.855. The third-order valence-electron chi connectivity index (χ3n) is 3.29. The standard InChI is InChI=1S/C15H14BrN3O/c1-9-2-5-13(11(16)8-9)17-15(20)14-7-6-12(18-19-14)10-3-4-10/h2,5-8,10H,3-4H2,1H3,(H,17,20). The van der Waals surface area contributed by atoms with Gasteiger partial charge in [0.2, 0.25) is 0 Å². The maximum atomic E-state index is 12.1. The van der Waals surface area contributed by atoms with E-state index in [0.29, 0.717) is 11.6 Å². The number of hydrogen-bond donors (Lipinski definition) is 1. The monoisotopic (exact) mass is 331 g/mol. The van der Waals surface area contributed by atoms with Gasteiger partial charge in [0.1, 0.15) is 0 Å². The summed E-state index contributed by atoms with van der Waals surface area (Å²) in [6, 6.07) is 9.39. The second-order valence-electron chi connectivity index (χ2n) is 5.06. The first-order chi connectivity index (χ1) is 9.63. The van der Waals surface area contributed by atoms with Crippen molar-refractivity contribution in [2.75, 3.05) is 5.32 Å². The molecule has 5 heteroatoms. The fourth-order valence-corrected chi connectivity index (χ4v) is 2.56. The maximum Gasteiger partial charge on any atom is 0.276 e. The van der Waals surface area contributed by atoms with E-state index < -0.39 is 0 Å². The zero-order valence-electron chi connectivity index (χ0n) is 11.1. The number of carbonyl (C=O) groups excluding carboxylic acids is 1. The molecule has 1 heterocycles. The van der Waals surface area contributed by atoms with Crippen LogP contribution in [0, 0.1) is 6.92 Å². The van der Waals surface area contributed by atoms with Crippen molar-refractivity contribution in [2.24, 2.45) is 0 Å². The second kappa shape index (κ2) is 5.32. The van der Waals surface area contributed by atoms with Gasteiger partial charge in [-0.15, -0.1) is 5.10 Å². The van der Waals surface area contributed by atoms with Crippen LogP contribution in [0.2, 0.25) is 0 Å². The zero-order valence-corrected chi connectivity index (χ0v) is 12.6. The first kappa shape index (κ1) is 13.2. The van der Waals surface area contributed by atoms with E-state index >= 15 is 0 Å². The Balaban J connectivity index is 1.74. The number of benzene rings is 1. The Morgan fingerprint density at radius 3 is 2.65 bits per heavy atom. The average Bonchev–Trinajstić information content (AvgIpc) is 3.26. The van der Waals surface area contributed by atoms with Crippen molar-refractivity contribution in [3.63, 3.8) is 0 Å². The van der Waals surface area contributed by atoms with E-state index in [4.69, 9.17) is 0 Å². The van der Waals surface area contributed by atoms with E-state index in [-0.39, 0.29) is 5.91 Å². The highest BCUT2D eigenvalue weighted by Gasteiger charge is 2.25. The van der Waals surface area contributed by atoms with Crippen LogP contribution in [0.3, 0.4) is 0 Å². The lowest BCUT2D eigenvalue weighted by molar-refractivity contribution is 0.102. The van der Waals surface area contributed by atoms with Crippen LogP contribution in [0.15, 0.2) is 34.8 Å². The smallest absolute Gasteiger partial charge is 0.276 e. The summed E-state index contributed by atoms with van der Waals surface area (Å²) in [5.41, 5.74) is 3.18. The summed E-state index contributed by atoms with van der Waals surface area (Å²) in [5, 5.41) is 11.0. The molecule has 1 saturated carbocycles. The molecular formula is C15H14BrN3O. The molecule has 4 nitrogen and oxygen atoms in total. The Labute approximate surface area is 125 Å². The predicted molar refractivity (Wildman–Crippen MR) is 80.8 cm³/mol. The van der Waals surface area contributed by atoms with E-state index in [1.807, 2.05) is 31.2 Å². The molecule has 0 spiro atoms. The van der Waals surface area contributed by atoms with Crippen LogP contribution in [0.4, 0.5) is 5.69 Å². The van der Waals surface area contributed by atoms with Gasteiger partial charge in [-0.2, -0.15) is 5.10 Å². The van der Waals surface area contributed by atoms with E-state index in [1.165, 1.54) is 12.8 Å². The summed E-state index contributed by atoms with van der Waals surface area (Å²) in [5.74, 6) is 0.301. The minimum Gasteiger partial charge on any atom is -0.320 e. The molecule has 0 unspecified atom stereocenters. The van der Waals surface area contributed by atoms with Crippen molar-refractivity contribution in [2.45, 2.75) is 25.7 Å².